The fourth-order valence-electron chi connectivity index (χ4n) is 2.77. The number of H-pyrrole nitrogens is 1. The van der Waals surface area contributed by atoms with Crippen molar-refractivity contribution in [2.75, 3.05) is 0 Å². The molecule has 106 valence electrons. The molecule has 0 saturated carbocycles. The zero-order chi connectivity index (χ0) is 15.1. The minimum Gasteiger partial charge on any atom is -0.354 e. The van der Waals surface area contributed by atoms with Gasteiger partial charge in [-0.05, 0) is 49.2 Å². The van der Waals surface area contributed by atoms with E-state index in [1.807, 2.05) is 19.9 Å². The van der Waals surface area contributed by atoms with E-state index < -0.39 is 0 Å². The molecule has 0 fully saturated rings. The van der Waals surface area contributed by atoms with Crippen molar-refractivity contribution in [3.8, 4) is 11.3 Å². The van der Waals surface area contributed by atoms with Gasteiger partial charge in [0.05, 0.1) is 10.7 Å². The zero-order valence-corrected chi connectivity index (χ0v) is 13.1. The van der Waals surface area contributed by atoms with E-state index in [2.05, 4.69) is 11.1 Å². The van der Waals surface area contributed by atoms with Crippen molar-refractivity contribution in [1.82, 2.24) is 4.98 Å². The van der Waals surface area contributed by atoms with Crippen molar-refractivity contribution in [3.63, 3.8) is 0 Å². The number of aldehydes is 1. The maximum absolute atomic E-state index is 11.6. The summed E-state index contributed by atoms with van der Waals surface area (Å²) in [6.07, 6.45) is 0.869. The molecule has 2 aromatic carbocycles. The van der Waals surface area contributed by atoms with E-state index in [1.54, 1.807) is 18.2 Å². The van der Waals surface area contributed by atoms with Crippen molar-refractivity contribution in [2.45, 2.75) is 13.8 Å². The number of carbonyl (C=O) groups is 1. The van der Waals surface area contributed by atoms with Crippen molar-refractivity contribution in [1.29, 1.82) is 0 Å². The van der Waals surface area contributed by atoms with Gasteiger partial charge < -0.3 is 4.98 Å². The Bertz CT molecular complexity index is 865. The Morgan fingerprint density at radius 3 is 2.57 bits per heavy atom. The number of hydrogen-bond donors (Lipinski definition) is 1. The first-order valence-corrected chi connectivity index (χ1v) is 7.30. The largest absolute Gasteiger partial charge is 0.354 e. The monoisotopic (exact) mass is 317 g/mol. The van der Waals surface area contributed by atoms with Gasteiger partial charge in [0.2, 0.25) is 0 Å². The van der Waals surface area contributed by atoms with E-state index in [1.165, 1.54) is 0 Å². The SMILES string of the molecule is Cc1cc(C)c2c(C=O)c(-c3cc(Cl)ccc3Cl)[nH]c2c1. The van der Waals surface area contributed by atoms with Crippen LogP contribution in [0.2, 0.25) is 10.0 Å². The van der Waals surface area contributed by atoms with Crippen molar-refractivity contribution >= 4 is 40.4 Å². The molecule has 3 rings (SSSR count). The lowest BCUT2D eigenvalue weighted by molar-refractivity contribution is 0.112. The number of carbonyl (C=O) groups excluding carboxylic acids is 1. The van der Waals surface area contributed by atoms with E-state index >= 15 is 0 Å². The van der Waals surface area contributed by atoms with Crippen LogP contribution in [-0.2, 0) is 0 Å². The van der Waals surface area contributed by atoms with Crippen LogP contribution >= 0.6 is 23.2 Å². The first kappa shape index (κ1) is 14.2. The summed E-state index contributed by atoms with van der Waals surface area (Å²) in [6, 6.07) is 9.32. The Labute approximate surface area is 132 Å². The average Bonchev–Trinajstić information content (AvgIpc) is 2.79. The maximum Gasteiger partial charge on any atom is 0.152 e. The second-order valence-corrected chi connectivity index (χ2v) is 6.00. The topological polar surface area (TPSA) is 32.9 Å². The third-order valence-electron chi connectivity index (χ3n) is 3.59. The van der Waals surface area contributed by atoms with Crippen molar-refractivity contribution < 1.29 is 4.79 Å². The number of halogens is 2. The number of aryl methyl sites for hydroxylation is 2. The quantitative estimate of drug-likeness (QED) is 0.616. The van der Waals surface area contributed by atoms with Gasteiger partial charge in [-0.3, -0.25) is 4.79 Å². The second-order valence-electron chi connectivity index (χ2n) is 5.16. The first-order valence-electron chi connectivity index (χ1n) is 6.55. The Morgan fingerprint density at radius 1 is 1.10 bits per heavy atom. The van der Waals surface area contributed by atoms with Crippen LogP contribution in [0.3, 0.4) is 0 Å². The van der Waals surface area contributed by atoms with Crippen molar-refractivity contribution in [3.05, 3.63) is 57.1 Å². The molecule has 0 aliphatic carbocycles. The van der Waals surface area contributed by atoms with E-state index in [0.29, 0.717) is 21.3 Å². The molecule has 0 aliphatic rings. The van der Waals surface area contributed by atoms with Gasteiger partial charge in [-0.1, -0.05) is 29.3 Å². The molecule has 0 saturated heterocycles. The Morgan fingerprint density at radius 2 is 1.86 bits per heavy atom. The number of hydrogen-bond acceptors (Lipinski definition) is 1. The highest BCUT2D eigenvalue weighted by Gasteiger charge is 2.17. The van der Waals surface area contributed by atoms with Gasteiger partial charge in [-0.15, -0.1) is 0 Å². The Hall–Kier alpha value is -1.77. The number of rotatable bonds is 2. The first-order chi connectivity index (χ1) is 10.0. The summed E-state index contributed by atoms with van der Waals surface area (Å²) < 4.78 is 0. The van der Waals surface area contributed by atoms with Crippen molar-refractivity contribution in [2.24, 2.45) is 0 Å². The molecule has 0 unspecified atom stereocenters. The van der Waals surface area contributed by atoms with E-state index in [9.17, 15) is 4.79 Å². The summed E-state index contributed by atoms with van der Waals surface area (Å²) in [6.45, 7) is 4.03. The van der Waals surface area contributed by atoms with E-state index in [0.717, 1.165) is 33.9 Å². The van der Waals surface area contributed by atoms with Crippen LogP contribution in [0.25, 0.3) is 22.2 Å². The summed E-state index contributed by atoms with van der Waals surface area (Å²) in [5.41, 5.74) is 5.20. The van der Waals surface area contributed by atoms with Gasteiger partial charge in [0.25, 0.3) is 0 Å². The molecule has 1 aromatic heterocycles. The summed E-state index contributed by atoms with van der Waals surface area (Å²) >= 11 is 12.3. The van der Waals surface area contributed by atoms with Gasteiger partial charge in [-0.25, -0.2) is 0 Å². The molecule has 4 heteroatoms. The highest BCUT2D eigenvalue weighted by molar-refractivity contribution is 6.35. The molecular weight excluding hydrogens is 305 g/mol. The summed E-state index contributed by atoms with van der Waals surface area (Å²) in [5, 5.41) is 2.07. The fourth-order valence-corrected chi connectivity index (χ4v) is 3.15. The lowest BCUT2D eigenvalue weighted by Crippen LogP contribution is -1.87. The molecule has 0 bridgehead atoms. The maximum atomic E-state index is 11.6. The van der Waals surface area contributed by atoms with Crippen LogP contribution in [0.4, 0.5) is 0 Å². The lowest BCUT2D eigenvalue weighted by Gasteiger charge is -2.04. The standard InChI is InChI=1S/C17H13Cl2NO/c1-9-5-10(2)16-13(8-21)17(20-15(16)6-9)12-7-11(18)3-4-14(12)19/h3-8,20H,1-2H3. The number of benzene rings is 2. The molecule has 0 atom stereocenters. The number of aromatic amines is 1. The summed E-state index contributed by atoms with van der Waals surface area (Å²) in [7, 11) is 0. The highest BCUT2D eigenvalue weighted by Crippen LogP contribution is 2.36. The molecular formula is C17H13Cl2NO. The number of fused-ring (bicyclic) bond motifs is 1. The minimum absolute atomic E-state index is 0.559. The summed E-state index contributed by atoms with van der Waals surface area (Å²) in [5.74, 6) is 0. The van der Waals surface area contributed by atoms with Gasteiger partial charge in [0, 0.05) is 27.1 Å². The third-order valence-corrected chi connectivity index (χ3v) is 4.16. The third kappa shape index (κ3) is 2.35. The van der Waals surface area contributed by atoms with Gasteiger partial charge >= 0.3 is 0 Å². The van der Waals surface area contributed by atoms with E-state index in [4.69, 9.17) is 23.2 Å². The summed E-state index contributed by atoms with van der Waals surface area (Å²) in [4.78, 5) is 14.9. The second kappa shape index (κ2) is 5.21. The number of nitrogens with one attached hydrogen (secondary N) is 1. The molecule has 0 spiro atoms. The number of aromatic nitrogens is 1. The molecule has 0 amide bonds. The van der Waals surface area contributed by atoms with Crippen LogP contribution in [-0.4, -0.2) is 11.3 Å². The fraction of sp³-hybridized carbons (Fsp3) is 0.118. The van der Waals surface area contributed by atoms with E-state index in [-0.39, 0.29) is 0 Å². The smallest absolute Gasteiger partial charge is 0.152 e. The van der Waals surface area contributed by atoms with Crippen LogP contribution < -0.4 is 0 Å². The molecule has 0 radical (unpaired) electrons. The minimum atomic E-state index is 0.559. The molecule has 0 aliphatic heterocycles. The molecule has 1 heterocycles. The molecule has 2 nitrogen and oxygen atoms in total. The van der Waals surface area contributed by atoms with Crippen LogP contribution in [0, 0.1) is 13.8 Å². The lowest BCUT2D eigenvalue weighted by atomic mass is 10.0. The Kier molecular flexibility index (Phi) is 3.52. The molecule has 3 aromatic rings. The van der Waals surface area contributed by atoms with Gasteiger partial charge in [0.15, 0.2) is 6.29 Å². The van der Waals surface area contributed by atoms with Crippen LogP contribution in [0.5, 0.6) is 0 Å². The van der Waals surface area contributed by atoms with Gasteiger partial charge in [-0.2, -0.15) is 0 Å². The zero-order valence-electron chi connectivity index (χ0n) is 11.6. The predicted molar refractivity (Wildman–Crippen MR) is 88.6 cm³/mol. The van der Waals surface area contributed by atoms with Gasteiger partial charge in [0.1, 0.15) is 0 Å². The molecule has 21 heavy (non-hydrogen) atoms. The predicted octanol–water partition coefficient (Wildman–Crippen LogP) is 5.57. The Balaban J connectivity index is 2.40. The van der Waals surface area contributed by atoms with Crippen LogP contribution in [0.15, 0.2) is 30.3 Å². The normalized spacial score (nSPS) is 11.0. The molecule has 1 N–H and O–H groups in total. The average molecular weight is 318 g/mol. The highest BCUT2D eigenvalue weighted by atomic mass is 35.5. The van der Waals surface area contributed by atoms with Crippen LogP contribution in [0.1, 0.15) is 21.5 Å².